The molecule has 0 heterocycles. The smallest absolute Gasteiger partial charge is 0.324 e. The fourth-order valence-corrected chi connectivity index (χ4v) is 3.91. The highest BCUT2D eigenvalue weighted by molar-refractivity contribution is 7.99. The van der Waals surface area contributed by atoms with Gasteiger partial charge in [-0.05, 0) is 50.2 Å². The molecule has 3 nitrogen and oxygen atoms in total. The summed E-state index contributed by atoms with van der Waals surface area (Å²) in [5, 5.41) is 12.5. The Kier molecular flexibility index (Phi) is 6.34. The molecule has 2 unspecified atom stereocenters. The molecule has 1 rings (SSSR count). The zero-order valence-electron chi connectivity index (χ0n) is 11.0. The predicted octanol–water partition coefficient (Wildman–Crippen LogP) is 2.75. The third kappa shape index (κ3) is 3.62. The van der Waals surface area contributed by atoms with Crippen LogP contribution in [-0.4, -0.2) is 35.2 Å². The molecule has 0 spiro atoms. The summed E-state index contributed by atoms with van der Waals surface area (Å²) < 4.78 is 0. The van der Waals surface area contributed by atoms with Crippen LogP contribution in [0.25, 0.3) is 0 Å². The lowest BCUT2D eigenvalue weighted by Crippen LogP contribution is -2.53. The van der Waals surface area contributed by atoms with Crippen LogP contribution in [0.3, 0.4) is 0 Å². The summed E-state index contributed by atoms with van der Waals surface area (Å²) in [4.78, 5) is 11.4. The van der Waals surface area contributed by atoms with E-state index in [9.17, 15) is 9.90 Å². The molecule has 0 bridgehead atoms. The summed E-state index contributed by atoms with van der Waals surface area (Å²) in [6.45, 7) is 2.20. The number of likely N-dealkylation sites (N-methyl/N-ethyl adjacent to an activating group) is 1. The Bertz CT molecular complexity index is 248. The average molecular weight is 259 g/mol. The largest absolute Gasteiger partial charge is 0.480 e. The van der Waals surface area contributed by atoms with Gasteiger partial charge in [-0.2, -0.15) is 11.8 Å². The molecule has 0 aliphatic heterocycles. The van der Waals surface area contributed by atoms with Crippen LogP contribution in [-0.2, 0) is 4.79 Å². The summed E-state index contributed by atoms with van der Waals surface area (Å²) in [6.07, 6.45) is 6.42. The first-order valence-corrected chi connectivity index (χ1v) is 7.83. The fourth-order valence-electron chi connectivity index (χ4n) is 2.76. The molecule has 1 saturated carbocycles. The topological polar surface area (TPSA) is 49.3 Å². The van der Waals surface area contributed by atoms with Gasteiger partial charge in [0.25, 0.3) is 0 Å². The van der Waals surface area contributed by atoms with Gasteiger partial charge in [0, 0.05) is 0 Å². The van der Waals surface area contributed by atoms with Crippen molar-refractivity contribution in [1.82, 2.24) is 5.32 Å². The zero-order valence-corrected chi connectivity index (χ0v) is 11.8. The lowest BCUT2D eigenvalue weighted by Gasteiger charge is -2.31. The minimum absolute atomic E-state index is 0.305. The van der Waals surface area contributed by atoms with Gasteiger partial charge in [0.2, 0.25) is 0 Å². The van der Waals surface area contributed by atoms with Crippen molar-refractivity contribution in [3.8, 4) is 0 Å². The standard InChI is InChI=1S/C13H25NO2S/c1-3-4-9-17-10-7-11-6-5-8-13(11,14-2)12(15)16/h11,14H,3-10H2,1-2H3,(H,15,16). The van der Waals surface area contributed by atoms with Crippen LogP contribution in [0.4, 0.5) is 0 Å². The van der Waals surface area contributed by atoms with Crippen molar-refractivity contribution in [3.05, 3.63) is 0 Å². The lowest BCUT2D eigenvalue weighted by molar-refractivity contribution is -0.146. The van der Waals surface area contributed by atoms with E-state index < -0.39 is 11.5 Å². The SMILES string of the molecule is CCCCSCCC1CCCC1(NC)C(=O)O. The molecule has 0 amide bonds. The number of rotatable bonds is 8. The second kappa shape index (κ2) is 7.27. The first-order chi connectivity index (χ1) is 8.17. The molecule has 2 atom stereocenters. The van der Waals surface area contributed by atoms with Gasteiger partial charge in [-0.3, -0.25) is 4.79 Å². The van der Waals surface area contributed by atoms with Crippen LogP contribution in [0.15, 0.2) is 0 Å². The van der Waals surface area contributed by atoms with E-state index in [1.807, 2.05) is 11.8 Å². The molecule has 0 aromatic heterocycles. The number of aliphatic carboxylic acids is 1. The maximum Gasteiger partial charge on any atom is 0.324 e. The number of carboxylic acid groups (broad SMARTS) is 1. The van der Waals surface area contributed by atoms with Crippen molar-refractivity contribution in [2.45, 2.75) is 51.0 Å². The zero-order chi connectivity index (χ0) is 12.7. The van der Waals surface area contributed by atoms with Gasteiger partial charge in [0.15, 0.2) is 0 Å². The Hall–Kier alpha value is -0.220. The summed E-state index contributed by atoms with van der Waals surface area (Å²) in [5.74, 6) is 1.95. The molecule has 17 heavy (non-hydrogen) atoms. The number of unbranched alkanes of at least 4 members (excludes halogenated alkanes) is 1. The highest BCUT2D eigenvalue weighted by atomic mass is 32.2. The van der Waals surface area contributed by atoms with Gasteiger partial charge in [0.1, 0.15) is 5.54 Å². The summed E-state index contributed by atoms with van der Waals surface area (Å²) >= 11 is 1.97. The molecular weight excluding hydrogens is 234 g/mol. The third-order valence-electron chi connectivity index (χ3n) is 3.90. The number of thioether (sulfide) groups is 1. The van der Waals surface area contributed by atoms with Gasteiger partial charge >= 0.3 is 5.97 Å². The molecule has 1 aliphatic rings. The van der Waals surface area contributed by atoms with Gasteiger partial charge in [-0.25, -0.2) is 0 Å². The van der Waals surface area contributed by atoms with E-state index in [4.69, 9.17) is 0 Å². The van der Waals surface area contributed by atoms with E-state index in [1.165, 1.54) is 18.6 Å². The molecule has 1 fully saturated rings. The molecule has 0 radical (unpaired) electrons. The Morgan fingerprint density at radius 3 is 2.88 bits per heavy atom. The van der Waals surface area contributed by atoms with Crippen LogP contribution in [0, 0.1) is 5.92 Å². The minimum atomic E-state index is -0.666. The van der Waals surface area contributed by atoms with E-state index in [-0.39, 0.29) is 0 Å². The van der Waals surface area contributed by atoms with Crippen molar-refractivity contribution in [2.75, 3.05) is 18.6 Å². The van der Waals surface area contributed by atoms with E-state index >= 15 is 0 Å². The maximum absolute atomic E-state index is 11.4. The number of carboxylic acids is 1. The minimum Gasteiger partial charge on any atom is -0.480 e. The van der Waals surface area contributed by atoms with E-state index in [1.54, 1.807) is 7.05 Å². The average Bonchev–Trinajstić information content (AvgIpc) is 2.73. The highest BCUT2D eigenvalue weighted by Gasteiger charge is 2.47. The van der Waals surface area contributed by atoms with E-state index in [0.717, 1.165) is 31.4 Å². The van der Waals surface area contributed by atoms with Crippen LogP contribution >= 0.6 is 11.8 Å². The molecular formula is C13H25NO2S. The van der Waals surface area contributed by atoms with Crippen LogP contribution < -0.4 is 5.32 Å². The first-order valence-electron chi connectivity index (χ1n) is 6.67. The number of carbonyl (C=O) groups is 1. The van der Waals surface area contributed by atoms with Gasteiger partial charge in [0.05, 0.1) is 0 Å². The molecule has 2 N–H and O–H groups in total. The molecule has 0 aromatic rings. The van der Waals surface area contributed by atoms with Crippen LogP contribution in [0.1, 0.15) is 45.4 Å². The monoisotopic (exact) mass is 259 g/mol. The highest BCUT2D eigenvalue weighted by Crippen LogP contribution is 2.38. The Morgan fingerprint density at radius 2 is 2.29 bits per heavy atom. The van der Waals surface area contributed by atoms with Crippen molar-refractivity contribution < 1.29 is 9.90 Å². The van der Waals surface area contributed by atoms with E-state index in [2.05, 4.69) is 12.2 Å². The predicted molar refractivity (Wildman–Crippen MR) is 73.6 cm³/mol. The second-order valence-corrected chi connectivity index (χ2v) is 6.10. The third-order valence-corrected chi connectivity index (χ3v) is 5.00. The normalized spacial score (nSPS) is 28.5. The van der Waals surface area contributed by atoms with Gasteiger partial charge < -0.3 is 10.4 Å². The number of hydrogen-bond acceptors (Lipinski definition) is 3. The molecule has 0 aromatic carbocycles. The molecule has 0 saturated heterocycles. The van der Waals surface area contributed by atoms with E-state index in [0.29, 0.717) is 5.92 Å². The quantitative estimate of drug-likeness (QED) is 0.658. The Labute approximate surface area is 109 Å². The van der Waals surface area contributed by atoms with Crippen molar-refractivity contribution in [1.29, 1.82) is 0 Å². The maximum atomic E-state index is 11.4. The van der Waals surface area contributed by atoms with Crippen LogP contribution in [0.2, 0.25) is 0 Å². The Balaban J connectivity index is 2.38. The van der Waals surface area contributed by atoms with Gasteiger partial charge in [-0.1, -0.05) is 19.8 Å². The number of nitrogens with one attached hydrogen (secondary N) is 1. The molecule has 1 aliphatic carbocycles. The van der Waals surface area contributed by atoms with Gasteiger partial charge in [-0.15, -0.1) is 0 Å². The summed E-state index contributed by atoms with van der Waals surface area (Å²) in [7, 11) is 1.79. The Morgan fingerprint density at radius 1 is 1.53 bits per heavy atom. The van der Waals surface area contributed by atoms with Crippen molar-refractivity contribution >= 4 is 17.7 Å². The van der Waals surface area contributed by atoms with Crippen molar-refractivity contribution in [2.24, 2.45) is 5.92 Å². The lowest BCUT2D eigenvalue weighted by atomic mass is 9.85. The number of hydrogen-bond donors (Lipinski definition) is 2. The second-order valence-electron chi connectivity index (χ2n) is 4.87. The first kappa shape index (κ1) is 14.8. The summed E-state index contributed by atoms with van der Waals surface area (Å²) in [6, 6.07) is 0. The van der Waals surface area contributed by atoms with Crippen LogP contribution in [0.5, 0.6) is 0 Å². The summed E-state index contributed by atoms with van der Waals surface area (Å²) in [5.41, 5.74) is -0.648. The molecule has 100 valence electrons. The van der Waals surface area contributed by atoms with Crippen molar-refractivity contribution in [3.63, 3.8) is 0 Å². The fraction of sp³-hybridized carbons (Fsp3) is 0.923. The molecule has 4 heteroatoms.